The third-order valence-corrected chi connectivity index (χ3v) is 4.52. The number of aromatic nitrogens is 3. The van der Waals surface area contributed by atoms with Gasteiger partial charge in [-0.25, -0.2) is 4.98 Å². The number of nitrogens with two attached hydrogens (primary N) is 1. The number of nitrogens with zero attached hydrogens (tertiary/aromatic N) is 4. The van der Waals surface area contributed by atoms with Crippen LogP contribution in [0.4, 0.5) is 5.82 Å². The van der Waals surface area contributed by atoms with E-state index in [1.807, 2.05) is 4.90 Å². The van der Waals surface area contributed by atoms with Crippen molar-refractivity contribution in [2.45, 2.75) is 25.8 Å². The van der Waals surface area contributed by atoms with Crippen molar-refractivity contribution in [3.05, 3.63) is 35.0 Å². The van der Waals surface area contributed by atoms with E-state index in [0.29, 0.717) is 28.6 Å². The van der Waals surface area contributed by atoms with Gasteiger partial charge >= 0.3 is 0 Å². The number of nitrogen functional groups attached to an aromatic ring is 1. The van der Waals surface area contributed by atoms with Gasteiger partial charge in [0.25, 0.3) is 5.91 Å². The van der Waals surface area contributed by atoms with Crippen LogP contribution in [0.5, 0.6) is 0 Å². The van der Waals surface area contributed by atoms with Crippen molar-refractivity contribution in [1.29, 1.82) is 0 Å². The number of furan rings is 1. The third-order valence-electron chi connectivity index (χ3n) is 4.32. The fraction of sp³-hybridized carbons (Fsp3) is 0.312. The van der Waals surface area contributed by atoms with Crippen molar-refractivity contribution < 1.29 is 9.21 Å². The normalized spacial score (nSPS) is 17.8. The largest absolute Gasteiger partial charge is 0.441 e. The summed E-state index contributed by atoms with van der Waals surface area (Å²) in [7, 11) is 0. The van der Waals surface area contributed by atoms with Crippen LogP contribution in [0.2, 0.25) is 5.22 Å². The van der Waals surface area contributed by atoms with E-state index in [1.54, 1.807) is 24.3 Å². The molecule has 4 rings (SSSR count). The van der Waals surface area contributed by atoms with Gasteiger partial charge in [-0.05, 0) is 55.6 Å². The van der Waals surface area contributed by atoms with E-state index >= 15 is 0 Å². The number of likely N-dealkylation sites (tertiary alicyclic amines) is 1. The molecule has 0 bridgehead atoms. The van der Waals surface area contributed by atoms with Crippen molar-refractivity contribution in [3.63, 3.8) is 0 Å². The predicted molar refractivity (Wildman–Crippen MR) is 89.8 cm³/mol. The topological polar surface area (TPSA) is 89.7 Å². The Morgan fingerprint density at radius 1 is 1.42 bits per heavy atom. The molecule has 1 unspecified atom stereocenters. The Kier molecular flexibility index (Phi) is 3.45. The molecule has 7 nitrogen and oxygen atoms in total. The van der Waals surface area contributed by atoms with Gasteiger partial charge in [0.15, 0.2) is 16.6 Å². The zero-order chi connectivity index (χ0) is 16.8. The molecule has 124 valence electrons. The molecule has 1 aliphatic rings. The molecule has 1 fully saturated rings. The van der Waals surface area contributed by atoms with Gasteiger partial charge < -0.3 is 15.1 Å². The maximum absolute atomic E-state index is 12.7. The van der Waals surface area contributed by atoms with Gasteiger partial charge in [0.05, 0.1) is 0 Å². The summed E-state index contributed by atoms with van der Waals surface area (Å²) in [6, 6.07) is 6.88. The lowest BCUT2D eigenvalue weighted by Gasteiger charge is -2.21. The fourth-order valence-electron chi connectivity index (χ4n) is 3.07. The number of pyridine rings is 1. The molecule has 0 radical (unpaired) electrons. The van der Waals surface area contributed by atoms with Crippen molar-refractivity contribution in [2.75, 3.05) is 12.3 Å². The summed E-state index contributed by atoms with van der Waals surface area (Å²) in [5, 5.41) is 4.57. The van der Waals surface area contributed by atoms with Crippen molar-refractivity contribution in [2.24, 2.45) is 0 Å². The first-order chi connectivity index (χ1) is 11.5. The maximum atomic E-state index is 12.7. The summed E-state index contributed by atoms with van der Waals surface area (Å²) >= 11 is 5.79. The predicted octanol–water partition coefficient (Wildman–Crippen LogP) is 2.85. The minimum atomic E-state index is -0.0280. The summed E-state index contributed by atoms with van der Waals surface area (Å²) in [4.78, 5) is 19.0. The Morgan fingerprint density at radius 2 is 2.25 bits per heavy atom. The molecule has 0 spiro atoms. The minimum absolute atomic E-state index is 0.0280. The third kappa shape index (κ3) is 2.41. The minimum Gasteiger partial charge on any atom is -0.441 e. The Hall–Kier alpha value is -2.54. The van der Waals surface area contributed by atoms with E-state index in [-0.39, 0.29) is 17.2 Å². The first-order valence-corrected chi connectivity index (χ1v) is 8.14. The number of fused-ring (bicyclic) bond motifs is 1. The molecular weight excluding hydrogens is 330 g/mol. The standard InChI is InChI=1S/C16H16ClN5O2/c1-9-3-2-6-21(9)16(23)10-7-13(18)22-14(8-10)19-15(20-22)11-4-5-12(17)24-11/h4-5,7-9H,2-3,6,18H2,1H3. The molecule has 1 atom stereocenters. The maximum Gasteiger partial charge on any atom is 0.254 e. The summed E-state index contributed by atoms with van der Waals surface area (Å²) < 4.78 is 6.81. The first kappa shape index (κ1) is 15.0. The molecule has 24 heavy (non-hydrogen) atoms. The zero-order valence-corrected chi connectivity index (χ0v) is 13.8. The van der Waals surface area contributed by atoms with Crippen LogP contribution >= 0.6 is 11.6 Å². The number of anilines is 1. The number of carbonyl (C=O) groups excluding carboxylic acids is 1. The summed E-state index contributed by atoms with van der Waals surface area (Å²) in [5.41, 5.74) is 7.07. The Morgan fingerprint density at radius 3 is 2.92 bits per heavy atom. The highest BCUT2D eigenvalue weighted by Gasteiger charge is 2.27. The smallest absolute Gasteiger partial charge is 0.254 e. The van der Waals surface area contributed by atoms with Crippen LogP contribution in [-0.2, 0) is 0 Å². The van der Waals surface area contributed by atoms with Crippen molar-refractivity contribution >= 4 is 29.0 Å². The number of carbonyl (C=O) groups is 1. The number of hydrogen-bond acceptors (Lipinski definition) is 5. The van der Waals surface area contributed by atoms with Crippen LogP contribution in [0.1, 0.15) is 30.1 Å². The lowest BCUT2D eigenvalue weighted by atomic mass is 10.2. The van der Waals surface area contributed by atoms with Crippen molar-refractivity contribution in [1.82, 2.24) is 19.5 Å². The van der Waals surface area contributed by atoms with Gasteiger partial charge in [-0.15, -0.1) is 5.10 Å². The molecule has 4 heterocycles. The van der Waals surface area contributed by atoms with Gasteiger partial charge in [0.2, 0.25) is 5.82 Å². The highest BCUT2D eigenvalue weighted by Crippen LogP contribution is 2.25. The molecule has 8 heteroatoms. The number of amides is 1. The second-order valence-corrected chi connectivity index (χ2v) is 6.34. The van der Waals surface area contributed by atoms with E-state index in [1.165, 1.54) is 4.52 Å². The van der Waals surface area contributed by atoms with Crippen LogP contribution in [0.15, 0.2) is 28.7 Å². The molecule has 1 saturated heterocycles. The molecule has 2 N–H and O–H groups in total. The average Bonchev–Trinajstić information content (AvgIpc) is 3.25. The second kappa shape index (κ2) is 5.52. The lowest BCUT2D eigenvalue weighted by molar-refractivity contribution is 0.0747. The van der Waals surface area contributed by atoms with Crippen LogP contribution in [0.3, 0.4) is 0 Å². The van der Waals surface area contributed by atoms with Gasteiger partial charge in [-0.2, -0.15) is 4.52 Å². The summed E-state index contributed by atoms with van der Waals surface area (Å²) in [6.07, 6.45) is 2.05. The highest BCUT2D eigenvalue weighted by atomic mass is 35.5. The van der Waals surface area contributed by atoms with Gasteiger partial charge in [-0.3, -0.25) is 4.79 Å². The molecule has 0 aromatic carbocycles. The average molecular weight is 346 g/mol. The van der Waals surface area contributed by atoms with Gasteiger partial charge in [0.1, 0.15) is 5.82 Å². The number of hydrogen-bond donors (Lipinski definition) is 1. The summed E-state index contributed by atoms with van der Waals surface area (Å²) in [6.45, 7) is 2.83. The van der Waals surface area contributed by atoms with Crippen LogP contribution < -0.4 is 5.73 Å². The molecule has 3 aromatic heterocycles. The lowest BCUT2D eigenvalue weighted by Crippen LogP contribution is -2.33. The fourth-order valence-corrected chi connectivity index (χ4v) is 3.22. The monoisotopic (exact) mass is 345 g/mol. The Labute approximate surface area is 143 Å². The Bertz CT molecular complexity index is 932. The second-order valence-electron chi connectivity index (χ2n) is 5.97. The number of rotatable bonds is 2. The van der Waals surface area contributed by atoms with E-state index in [2.05, 4.69) is 17.0 Å². The quantitative estimate of drug-likeness (QED) is 0.771. The van der Waals surface area contributed by atoms with E-state index in [9.17, 15) is 4.79 Å². The van der Waals surface area contributed by atoms with E-state index < -0.39 is 0 Å². The highest BCUT2D eigenvalue weighted by molar-refractivity contribution is 6.28. The molecular formula is C16H16ClN5O2. The first-order valence-electron chi connectivity index (χ1n) is 7.76. The van der Waals surface area contributed by atoms with Crippen molar-refractivity contribution in [3.8, 4) is 11.6 Å². The molecule has 0 saturated carbocycles. The van der Waals surface area contributed by atoms with E-state index in [4.69, 9.17) is 21.8 Å². The molecule has 1 aliphatic heterocycles. The number of halogens is 1. The molecule has 3 aromatic rings. The molecule has 1 amide bonds. The van der Waals surface area contributed by atoms with E-state index in [0.717, 1.165) is 19.4 Å². The van der Waals surface area contributed by atoms with Crippen LogP contribution in [0.25, 0.3) is 17.2 Å². The van der Waals surface area contributed by atoms with Gasteiger partial charge in [-0.1, -0.05) is 0 Å². The summed E-state index contributed by atoms with van der Waals surface area (Å²) in [5.74, 6) is 1.13. The van der Waals surface area contributed by atoms with Gasteiger partial charge in [0, 0.05) is 18.2 Å². The molecule has 0 aliphatic carbocycles. The van der Waals surface area contributed by atoms with Crippen LogP contribution in [-0.4, -0.2) is 38.0 Å². The SMILES string of the molecule is CC1CCCN1C(=O)c1cc(N)n2nc(-c3ccc(Cl)o3)nc2c1. The Balaban J connectivity index is 1.75. The van der Waals surface area contributed by atoms with Crippen LogP contribution in [0, 0.1) is 0 Å². The zero-order valence-electron chi connectivity index (χ0n) is 13.1.